The number of nitrogens with zero attached hydrogens (tertiary/aromatic N) is 1. The summed E-state index contributed by atoms with van der Waals surface area (Å²) in [5, 5.41) is 3.53. The Kier molecular flexibility index (Phi) is 4.44. The smallest absolute Gasteiger partial charge is 0.232 e. The van der Waals surface area contributed by atoms with Crippen LogP contribution in [-0.4, -0.2) is 17.1 Å². The van der Waals surface area contributed by atoms with Crippen LogP contribution in [0.5, 0.6) is 0 Å². The molecule has 0 radical (unpaired) electrons. The maximum atomic E-state index is 11.3. The van der Waals surface area contributed by atoms with Crippen molar-refractivity contribution in [3.63, 3.8) is 0 Å². The Morgan fingerprint density at radius 1 is 1.21 bits per heavy atom. The normalized spacial score (nSPS) is 11.5. The highest BCUT2D eigenvalue weighted by Crippen LogP contribution is 2.23. The Morgan fingerprint density at radius 3 is 2.62 bits per heavy atom. The average Bonchev–Trinajstić information content (AvgIpc) is 2.98. The van der Waals surface area contributed by atoms with Crippen LogP contribution in [0.15, 0.2) is 53.1 Å². The number of fused-ring (bicyclic) bond motifs is 1. The second-order valence-electron chi connectivity index (χ2n) is 5.13. The molecule has 2 aromatic carbocycles. The van der Waals surface area contributed by atoms with E-state index in [0.717, 1.165) is 5.69 Å². The first kappa shape index (κ1) is 16.0. The molecule has 0 spiro atoms. The summed E-state index contributed by atoms with van der Waals surface area (Å²) < 4.78 is 5.56. The third-order valence-corrected chi connectivity index (χ3v) is 3.64. The number of oxazole rings is 1. The van der Waals surface area contributed by atoms with Gasteiger partial charge in [-0.3, -0.25) is 9.59 Å². The topological polar surface area (TPSA) is 72.2 Å². The zero-order valence-electron chi connectivity index (χ0n) is 12.7. The maximum absolute atomic E-state index is 11.3. The minimum Gasteiger partial charge on any atom is -0.436 e. The Labute approximate surface area is 142 Å². The summed E-state index contributed by atoms with van der Waals surface area (Å²) in [4.78, 5) is 26.8. The van der Waals surface area contributed by atoms with Gasteiger partial charge in [-0.1, -0.05) is 11.6 Å². The first-order chi connectivity index (χ1) is 11.6. The fourth-order valence-electron chi connectivity index (χ4n) is 2.13. The number of hydrogen-bond donors (Lipinski definition) is 1. The molecule has 1 N–H and O–H groups in total. The van der Waals surface area contributed by atoms with Gasteiger partial charge in [0.05, 0.1) is 5.57 Å². The molecular weight excluding hydrogens is 328 g/mol. The number of nitrogens with one attached hydrogen (secondary N) is 1. The number of benzene rings is 2. The van der Waals surface area contributed by atoms with Crippen LogP contribution in [0.1, 0.15) is 23.2 Å². The summed E-state index contributed by atoms with van der Waals surface area (Å²) in [5.74, 6) is 0.200. The standard InChI is InChI=1S/C18H13ClN2O3/c1-11(23)12-2-5-15(6-3-12)20-9-13(10-22)18-21-16-8-14(19)4-7-17(16)24-18/h2-10,20H,1H3/b13-9+. The molecule has 1 heterocycles. The first-order valence-electron chi connectivity index (χ1n) is 7.16. The van der Waals surface area contributed by atoms with Gasteiger partial charge in [0, 0.05) is 22.5 Å². The van der Waals surface area contributed by atoms with Crippen molar-refractivity contribution in [2.24, 2.45) is 0 Å². The molecule has 0 atom stereocenters. The second kappa shape index (κ2) is 6.68. The first-order valence-corrected chi connectivity index (χ1v) is 7.54. The predicted molar refractivity (Wildman–Crippen MR) is 93.1 cm³/mol. The molecule has 0 bridgehead atoms. The number of Topliss-reactive ketones (excluding diaryl/α,β-unsaturated/α-hetero) is 1. The molecule has 5 nitrogen and oxygen atoms in total. The van der Waals surface area contributed by atoms with Crippen molar-refractivity contribution < 1.29 is 14.0 Å². The van der Waals surface area contributed by atoms with E-state index in [0.29, 0.717) is 28.0 Å². The van der Waals surface area contributed by atoms with Crippen molar-refractivity contribution in [3.8, 4) is 0 Å². The summed E-state index contributed by atoms with van der Waals surface area (Å²) in [5.41, 5.74) is 2.75. The number of halogens is 1. The van der Waals surface area contributed by atoms with E-state index in [1.165, 1.54) is 13.1 Å². The summed E-state index contributed by atoms with van der Waals surface area (Å²) in [6.07, 6.45) is 2.16. The Morgan fingerprint density at radius 2 is 1.96 bits per heavy atom. The number of aldehydes is 1. The predicted octanol–water partition coefficient (Wildman–Crippen LogP) is 4.34. The van der Waals surface area contributed by atoms with Gasteiger partial charge in [0.15, 0.2) is 17.7 Å². The number of ketones is 1. The van der Waals surface area contributed by atoms with Gasteiger partial charge < -0.3 is 9.73 Å². The number of aromatic nitrogens is 1. The lowest BCUT2D eigenvalue weighted by atomic mass is 10.1. The van der Waals surface area contributed by atoms with Gasteiger partial charge in [-0.15, -0.1) is 0 Å². The van der Waals surface area contributed by atoms with Gasteiger partial charge in [0.2, 0.25) is 5.89 Å². The van der Waals surface area contributed by atoms with Crippen LogP contribution in [0.25, 0.3) is 16.7 Å². The minimum atomic E-state index is -0.00388. The molecule has 0 amide bonds. The van der Waals surface area contributed by atoms with E-state index in [1.54, 1.807) is 42.5 Å². The highest BCUT2D eigenvalue weighted by atomic mass is 35.5. The molecule has 3 aromatic rings. The van der Waals surface area contributed by atoms with Gasteiger partial charge in [-0.2, -0.15) is 0 Å². The fraction of sp³-hybridized carbons (Fsp3) is 0.0556. The van der Waals surface area contributed by atoms with E-state index in [-0.39, 0.29) is 17.2 Å². The van der Waals surface area contributed by atoms with Crippen molar-refractivity contribution >= 4 is 46.0 Å². The van der Waals surface area contributed by atoms with Crippen LogP contribution in [-0.2, 0) is 4.79 Å². The van der Waals surface area contributed by atoms with E-state index in [2.05, 4.69) is 10.3 Å². The van der Waals surface area contributed by atoms with Crippen LogP contribution in [0.3, 0.4) is 0 Å². The minimum absolute atomic E-state index is 0.00388. The van der Waals surface area contributed by atoms with Gasteiger partial charge in [-0.05, 0) is 49.4 Å². The zero-order valence-corrected chi connectivity index (χ0v) is 13.5. The van der Waals surface area contributed by atoms with Crippen molar-refractivity contribution in [3.05, 3.63) is 65.1 Å². The van der Waals surface area contributed by atoms with Crippen LogP contribution in [0.2, 0.25) is 5.02 Å². The Bertz CT molecular complexity index is 943. The molecule has 0 saturated heterocycles. The van der Waals surface area contributed by atoms with Gasteiger partial charge in [0.1, 0.15) is 5.52 Å². The SMILES string of the molecule is CC(=O)c1ccc(N/C=C(\C=O)c2nc3cc(Cl)ccc3o2)cc1. The van der Waals surface area contributed by atoms with E-state index < -0.39 is 0 Å². The summed E-state index contributed by atoms with van der Waals surface area (Å²) in [6, 6.07) is 12.0. The molecule has 0 saturated carbocycles. The number of hydrogen-bond acceptors (Lipinski definition) is 5. The molecule has 3 rings (SSSR count). The zero-order chi connectivity index (χ0) is 17.1. The number of carbonyl (C=O) groups excluding carboxylic acids is 2. The number of rotatable bonds is 5. The van der Waals surface area contributed by atoms with Crippen molar-refractivity contribution in [2.45, 2.75) is 6.92 Å². The molecule has 6 heteroatoms. The number of allylic oxidation sites excluding steroid dienone is 1. The van der Waals surface area contributed by atoms with Crippen molar-refractivity contribution in [2.75, 3.05) is 5.32 Å². The van der Waals surface area contributed by atoms with Crippen LogP contribution < -0.4 is 5.32 Å². The lowest BCUT2D eigenvalue weighted by Crippen LogP contribution is -1.95. The summed E-state index contributed by atoms with van der Waals surface area (Å²) >= 11 is 5.92. The fourth-order valence-corrected chi connectivity index (χ4v) is 2.30. The van der Waals surface area contributed by atoms with Crippen molar-refractivity contribution in [1.82, 2.24) is 4.98 Å². The summed E-state index contributed by atoms with van der Waals surface area (Å²) in [6.45, 7) is 1.51. The van der Waals surface area contributed by atoms with E-state index in [1.807, 2.05) is 0 Å². The molecule has 0 aliphatic carbocycles. The molecule has 120 valence electrons. The maximum Gasteiger partial charge on any atom is 0.232 e. The molecular formula is C18H13ClN2O3. The molecule has 1 aromatic heterocycles. The number of carbonyl (C=O) groups is 2. The second-order valence-corrected chi connectivity index (χ2v) is 5.56. The quantitative estimate of drug-likeness (QED) is 0.425. The molecule has 0 fully saturated rings. The Balaban J connectivity index is 1.85. The third kappa shape index (κ3) is 3.36. The van der Waals surface area contributed by atoms with E-state index in [4.69, 9.17) is 16.0 Å². The van der Waals surface area contributed by atoms with Crippen LogP contribution in [0.4, 0.5) is 5.69 Å². The van der Waals surface area contributed by atoms with Gasteiger partial charge in [0.25, 0.3) is 0 Å². The monoisotopic (exact) mass is 340 g/mol. The summed E-state index contributed by atoms with van der Waals surface area (Å²) in [7, 11) is 0. The highest BCUT2D eigenvalue weighted by Gasteiger charge is 2.10. The van der Waals surface area contributed by atoms with E-state index in [9.17, 15) is 9.59 Å². The van der Waals surface area contributed by atoms with E-state index >= 15 is 0 Å². The average molecular weight is 341 g/mol. The Hall–Kier alpha value is -2.92. The largest absolute Gasteiger partial charge is 0.436 e. The van der Waals surface area contributed by atoms with Gasteiger partial charge >= 0.3 is 0 Å². The van der Waals surface area contributed by atoms with Crippen LogP contribution >= 0.6 is 11.6 Å². The molecule has 24 heavy (non-hydrogen) atoms. The molecule has 0 aliphatic heterocycles. The highest BCUT2D eigenvalue weighted by molar-refractivity contribution is 6.31. The lowest BCUT2D eigenvalue weighted by Gasteiger charge is -2.02. The lowest BCUT2D eigenvalue weighted by molar-refractivity contribution is -0.103. The third-order valence-electron chi connectivity index (χ3n) is 3.41. The van der Waals surface area contributed by atoms with Crippen molar-refractivity contribution in [1.29, 1.82) is 0 Å². The molecule has 0 aliphatic rings. The van der Waals surface area contributed by atoms with Gasteiger partial charge in [-0.25, -0.2) is 4.98 Å². The number of anilines is 1. The van der Waals surface area contributed by atoms with Crippen LogP contribution in [0, 0.1) is 0 Å². The molecule has 0 unspecified atom stereocenters.